The van der Waals surface area contributed by atoms with Gasteiger partial charge in [0, 0.05) is 10.7 Å². The van der Waals surface area contributed by atoms with Crippen LogP contribution in [0.3, 0.4) is 0 Å². The summed E-state index contributed by atoms with van der Waals surface area (Å²) in [6.45, 7) is 1.93. The number of hydrogen-bond donors (Lipinski definition) is 0. The van der Waals surface area contributed by atoms with Gasteiger partial charge in [-0.2, -0.15) is 5.10 Å². The molecule has 0 radical (unpaired) electrons. The second-order valence-corrected chi connectivity index (χ2v) is 3.68. The molecule has 62 valence electrons. The maximum atomic E-state index is 6.02. The molecule has 0 aliphatic carbocycles. The molecule has 2 heterocycles. The molecule has 5 heteroatoms. The summed E-state index contributed by atoms with van der Waals surface area (Å²) >= 11 is 9.40. The molecule has 0 atom stereocenters. The smallest absolute Gasteiger partial charge is 0.174 e. The van der Waals surface area contributed by atoms with Crippen LogP contribution < -0.4 is 0 Å². The van der Waals surface area contributed by atoms with Gasteiger partial charge in [-0.15, -0.1) is 0 Å². The standard InChI is InChI=1S/C7H5BrClN3/c1-4-5(8)2-12-7(6(4)9)10-3-11-12/h2-3H,1H3. The Morgan fingerprint density at radius 1 is 1.58 bits per heavy atom. The van der Waals surface area contributed by atoms with Crippen LogP contribution >= 0.6 is 27.5 Å². The van der Waals surface area contributed by atoms with Crippen molar-refractivity contribution < 1.29 is 0 Å². The predicted octanol–water partition coefficient (Wildman–Crippen LogP) is 2.45. The average Bonchev–Trinajstić information content (AvgIpc) is 2.48. The lowest BCUT2D eigenvalue weighted by molar-refractivity contribution is 0.952. The van der Waals surface area contributed by atoms with Crippen LogP contribution in [0.25, 0.3) is 5.65 Å². The molecule has 0 N–H and O–H groups in total. The van der Waals surface area contributed by atoms with Crippen molar-refractivity contribution in [1.82, 2.24) is 14.6 Å². The minimum absolute atomic E-state index is 0.641. The van der Waals surface area contributed by atoms with Gasteiger partial charge in [0.05, 0.1) is 5.02 Å². The van der Waals surface area contributed by atoms with Gasteiger partial charge in [0.15, 0.2) is 5.65 Å². The Morgan fingerprint density at radius 2 is 2.33 bits per heavy atom. The van der Waals surface area contributed by atoms with Gasteiger partial charge in [0.1, 0.15) is 6.33 Å². The van der Waals surface area contributed by atoms with E-state index in [9.17, 15) is 0 Å². The normalized spacial score (nSPS) is 10.9. The van der Waals surface area contributed by atoms with E-state index < -0.39 is 0 Å². The van der Waals surface area contributed by atoms with E-state index in [1.807, 2.05) is 13.1 Å². The quantitative estimate of drug-likeness (QED) is 0.715. The molecule has 0 spiro atoms. The van der Waals surface area contributed by atoms with E-state index in [1.165, 1.54) is 6.33 Å². The van der Waals surface area contributed by atoms with E-state index in [-0.39, 0.29) is 0 Å². The van der Waals surface area contributed by atoms with Crippen molar-refractivity contribution in [3.05, 3.63) is 27.6 Å². The van der Waals surface area contributed by atoms with Crippen LogP contribution in [-0.2, 0) is 0 Å². The van der Waals surface area contributed by atoms with E-state index in [1.54, 1.807) is 4.52 Å². The first-order chi connectivity index (χ1) is 5.70. The van der Waals surface area contributed by atoms with Gasteiger partial charge in [-0.25, -0.2) is 9.50 Å². The topological polar surface area (TPSA) is 30.2 Å². The molecule has 0 saturated carbocycles. The van der Waals surface area contributed by atoms with Crippen LogP contribution in [0.5, 0.6) is 0 Å². The summed E-state index contributed by atoms with van der Waals surface area (Å²) < 4.78 is 2.57. The first-order valence-electron chi connectivity index (χ1n) is 3.34. The third kappa shape index (κ3) is 1.03. The molecule has 0 bridgehead atoms. The van der Waals surface area contributed by atoms with Crippen molar-refractivity contribution in [3.63, 3.8) is 0 Å². The summed E-state index contributed by atoms with van der Waals surface area (Å²) in [6.07, 6.45) is 3.32. The van der Waals surface area contributed by atoms with Gasteiger partial charge in [-0.1, -0.05) is 11.6 Å². The lowest BCUT2D eigenvalue weighted by atomic mass is 10.3. The lowest BCUT2D eigenvalue weighted by Crippen LogP contribution is -1.90. The fraction of sp³-hybridized carbons (Fsp3) is 0.143. The van der Waals surface area contributed by atoms with Crippen LogP contribution in [0.2, 0.25) is 5.02 Å². The van der Waals surface area contributed by atoms with Crippen molar-refractivity contribution in [2.75, 3.05) is 0 Å². The molecule has 2 rings (SSSR count). The van der Waals surface area contributed by atoms with Crippen molar-refractivity contribution >= 4 is 33.2 Å². The number of halogens is 2. The van der Waals surface area contributed by atoms with E-state index in [0.29, 0.717) is 10.7 Å². The maximum absolute atomic E-state index is 6.02. The molecular formula is C7H5BrClN3. The van der Waals surface area contributed by atoms with Gasteiger partial charge >= 0.3 is 0 Å². The Balaban J connectivity index is 2.94. The Morgan fingerprint density at radius 3 is 3.08 bits per heavy atom. The highest BCUT2D eigenvalue weighted by Crippen LogP contribution is 2.26. The van der Waals surface area contributed by atoms with Gasteiger partial charge in [0.2, 0.25) is 0 Å². The lowest BCUT2D eigenvalue weighted by Gasteiger charge is -2.01. The summed E-state index contributed by atoms with van der Waals surface area (Å²) in [5.41, 5.74) is 1.68. The minimum atomic E-state index is 0.641. The zero-order valence-corrected chi connectivity index (χ0v) is 8.59. The molecule has 12 heavy (non-hydrogen) atoms. The van der Waals surface area contributed by atoms with Crippen LogP contribution in [0, 0.1) is 6.92 Å². The Labute approximate surface area is 82.5 Å². The third-order valence-corrected chi connectivity index (χ3v) is 2.94. The summed E-state index contributed by atoms with van der Waals surface area (Å²) in [5.74, 6) is 0. The number of nitrogens with zero attached hydrogens (tertiary/aromatic N) is 3. The first-order valence-corrected chi connectivity index (χ1v) is 4.51. The SMILES string of the molecule is Cc1c(Br)cn2ncnc2c1Cl. The largest absolute Gasteiger partial charge is 0.218 e. The number of rotatable bonds is 0. The highest BCUT2D eigenvalue weighted by atomic mass is 79.9. The van der Waals surface area contributed by atoms with Crippen LogP contribution in [0.1, 0.15) is 5.56 Å². The van der Waals surface area contributed by atoms with Gasteiger partial charge < -0.3 is 0 Å². The zero-order valence-electron chi connectivity index (χ0n) is 6.25. The van der Waals surface area contributed by atoms with Crippen LogP contribution in [0.4, 0.5) is 0 Å². The number of aromatic nitrogens is 3. The zero-order chi connectivity index (χ0) is 8.72. The van der Waals surface area contributed by atoms with Crippen molar-refractivity contribution in [2.24, 2.45) is 0 Å². The predicted molar refractivity (Wildman–Crippen MR) is 50.4 cm³/mol. The molecule has 0 fully saturated rings. The summed E-state index contributed by atoms with van der Waals surface area (Å²) in [7, 11) is 0. The van der Waals surface area contributed by atoms with E-state index in [0.717, 1.165) is 10.0 Å². The number of hydrogen-bond acceptors (Lipinski definition) is 2. The summed E-state index contributed by atoms with van der Waals surface area (Å²) in [4.78, 5) is 4.02. The molecule has 3 nitrogen and oxygen atoms in total. The second kappa shape index (κ2) is 2.71. The van der Waals surface area contributed by atoms with Crippen molar-refractivity contribution in [1.29, 1.82) is 0 Å². The Bertz CT molecular complexity index is 437. The fourth-order valence-electron chi connectivity index (χ4n) is 0.978. The van der Waals surface area contributed by atoms with Gasteiger partial charge in [0.25, 0.3) is 0 Å². The molecule has 2 aromatic heterocycles. The van der Waals surface area contributed by atoms with Gasteiger partial charge in [-0.3, -0.25) is 0 Å². The molecule has 0 amide bonds. The minimum Gasteiger partial charge on any atom is -0.218 e. The van der Waals surface area contributed by atoms with E-state index in [2.05, 4.69) is 26.0 Å². The summed E-state index contributed by atoms with van der Waals surface area (Å²) in [6, 6.07) is 0. The molecule has 0 aliphatic heterocycles. The van der Waals surface area contributed by atoms with Crippen molar-refractivity contribution in [3.8, 4) is 0 Å². The average molecular weight is 246 g/mol. The molecule has 2 aromatic rings. The molecule has 0 aromatic carbocycles. The van der Waals surface area contributed by atoms with Crippen LogP contribution in [0.15, 0.2) is 17.0 Å². The Kier molecular flexibility index (Phi) is 1.81. The maximum Gasteiger partial charge on any atom is 0.174 e. The summed E-state index contributed by atoms with van der Waals surface area (Å²) in [5, 5.41) is 4.61. The van der Waals surface area contributed by atoms with E-state index >= 15 is 0 Å². The molecular weight excluding hydrogens is 241 g/mol. The van der Waals surface area contributed by atoms with Gasteiger partial charge in [-0.05, 0) is 28.4 Å². The molecule has 0 saturated heterocycles. The Hall–Kier alpha value is -0.610. The molecule has 0 aliphatic rings. The number of pyridine rings is 1. The first kappa shape index (κ1) is 8.01. The third-order valence-electron chi connectivity index (χ3n) is 1.69. The highest BCUT2D eigenvalue weighted by molar-refractivity contribution is 9.10. The van der Waals surface area contributed by atoms with Crippen LogP contribution in [-0.4, -0.2) is 14.6 Å². The fourth-order valence-corrected chi connectivity index (χ4v) is 1.72. The molecule has 0 unspecified atom stereocenters. The van der Waals surface area contributed by atoms with E-state index in [4.69, 9.17) is 11.6 Å². The monoisotopic (exact) mass is 245 g/mol. The van der Waals surface area contributed by atoms with Crippen molar-refractivity contribution in [2.45, 2.75) is 6.92 Å². The second-order valence-electron chi connectivity index (χ2n) is 2.44. The number of fused-ring (bicyclic) bond motifs is 1. The highest BCUT2D eigenvalue weighted by Gasteiger charge is 2.07.